The van der Waals surface area contributed by atoms with Crippen LogP contribution in [0.15, 0.2) is 18.2 Å². The van der Waals surface area contributed by atoms with Crippen molar-refractivity contribution < 1.29 is 4.79 Å². The quantitative estimate of drug-likeness (QED) is 0.832. The van der Waals surface area contributed by atoms with Crippen LogP contribution in [0.2, 0.25) is 5.02 Å². The van der Waals surface area contributed by atoms with Gasteiger partial charge in [-0.3, -0.25) is 4.79 Å². The number of benzene rings is 1. The molecule has 3 nitrogen and oxygen atoms in total. The molecule has 0 bridgehead atoms. The van der Waals surface area contributed by atoms with Crippen LogP contribution in [-0.2, 0) is 0 Å². The van der Waals surface area contributed by atoms with E-state index in [0.29, 0.717) is 28.1 Å². The number of carbonyl (C=O) groups is 1. The predicted octanol–water partition coefficient (Wildman–Crippen LogP) is 3.87. The molecular weight excluding hydrogens is 272 g/mol. The van der Waals surface area contributed by atoms with E-state index in [1.807, 2.05) is 0 Å². The van der Waals surface area contributed by atoms with Crippen molar-refractivity contribution >= 4 is 23.2 Å². The molecule has 1 aliphatic rings. The fourth-order valence-electron chi connectivity index (χ4n) is 3.10. The summed E-state index contributed by atoms with van der Waals surface area (Å²) in [5.74, 6) is 1.02. The third kappa shape index (κ3) is 3.45. The predicted molar refractivity (Wildman–Crippen MR) is 83.9 cm³/mol. The molecule has 3 N–H and O–H groups in total. The molecule has 2 atom stereocenters. The SMILES string of the molecule is CC(C)C1CCCCC1NC(=O)c1cc(N)ccc1Cl. The van der Waals surface area contributed by atoms with Crippen molar-refractivity contribution in [1.29, 1.82) is 0 Å². The van der Waals surface area contributed by atoms with Crippen molar-refractivity contribution in [2.45, 2.75) is 45.6 Å². The van der Waals surface area contributed by atoms with Gasteiger partial charge in [0.15, 0.2) is 0 Å². The van der Waals surface area contributed by atoms with Crippen molar-refractivity contribution in [3.63, 3.8) is 0 Å². The molecule has 2 rings (SSSR count). The molecule has 4 heteroatoms. The van der Waals surface area contributed by atoms with Gasteiger partial charge < -0.3 is 11.1 Å². The number of nitrogen functional groups attached to an aromatic ring is 1. The van der Waals surface area contributed by atoms with E-state index in [-0.39, 0.29) is 11.9 Å². The molecule has 20 heavy (non-hydrogen) atoms. The van der Waals surface area contributed by atoms with Crippen LogP contribution >= 0.6 is 11.6 Å². The summed E-state index contributed by atoms with van der Waals surface area (Å²) in [6, 6.07) is 5.27. The van der Waals surface area contributed by atoms with E-state index in [4.69, 9.17) is 17.3 Å². The van der Waals surface area contributed by atoms with Crippen LogP contribution in [0.1, 0.15) is 49.9 Å². The van der Waals surface area contributed by atoms with E-state index in [9.17, 15) is 4.79 Å². The van der Waals surface area contributed by atoms with Gasteiger partial charge in [-0.15, -0.1) is 0 Å². The molecule has 0 aliphatic heterocycles. The minimum absolute atomic E-state index is 0.111. The lowest BCUT2D eigenvalue weighted by molar-refractivity contribution is 0.0889. The fraction of sp³-hybridized carbons (Fsp3) is 0.562. The van der Waals surface area contributed by atoms with Gasteiger partial charge in [-0.2, -0.15) is 0 Å². The van der Waals surface area contributed by atoms with Gasteiger partial charge in [-0.25, -0.2) is 0 Å². The first-order valence-electron chi connectivity index (χ1n) is 7.35. The van der Waals surface area contributed by atoms with Gasteiger partial charge in [0.05, 0.1) is 10.6 Å². The Balaban J connectivity index is 2.11. The highest BCUT2D eigenvalue weighted by atomic mass is 35.5. The number of amides is 1. The second-order valence-corrected chi connectivity index (χ2v) is 6.42. The molecule has 0 saturated heterocycles. The average molecular weight is 295 g/mol. The van der Waals surface area contributed by atoms with Crippen molar-refractivity contribution in [3.8, 4) is 0 Å². The van der Waals surface area contributed by atoms with Gasteiger partial charge in [0.1, 0.15) is 0 Å². The Bertz CT molecular complexity index is 487. The number of carbonyl (C=O) groups excluding carboxylic acids is 1. The molecule has 1 aromatic rings. The first kappa shape index (κ1) is 15.2. The first-order chi connectivity index (χ1) is 9.49. The number of anilines is 1. The Morgan fingerprint density at radius 3 is 2.75 bits per heavy atom. The maximum absolute atomic E-state index is 12.4. The number of nitrogens with two attached hydrogens (primary N) is 1. The molecular formula is C16H23ClN2O. The van der Waals surface area contributed by atoms with Gasteiger partial charge in [0.2, 0.25) is 0 Å². The van der Waals surface area contributed by atoms with E-state index >= 15 is 0 Å². The summed E-state index contributed by atoms with van der Waals surface area (Å²) >= 11 is 6.09. The van der Waals surface area contributed by atoms with Crippen molar-refractivity contribution in [1.82, 2.24) is 5.32 Å². The van der Waals surface area contributed by atoms with Crippen molar-refractivity contribution in [2.24, 2.45) is 11.8 Å². The highest BCUT2D eigenvalue weighted by molar-refractivity contribution is 6.34. The maximum Gasteiger partial charge on any atom is 0.253 e. The standard InChI is InChI=1S/C16H23ClN2O/c1-10(2)12-5-3-4-6-15(12)19-16(20)13-9-11(18)7-8-14(13)17/h7-10,12,15H,3-6,18H2,1-2H3,(H,19,20). The van der Waals surface area contributed by atoms with Crippen molar-refractivity contribution in [3.05, 3.63) is 28.8 Å². The average Bonchev–Trinajstić information content (AvgIpc) is 2.41. The zero-order chi connectivity index (χ0) is 14.7. The highest BCUT2D eigenvalue weighted by Crippen LogP contribution is 2.30. The minimum Gasteiger partial charge on any atom is -0.399 e. The molecule has 0 aromatic heterocycles. The number of halogens is 1. The summed E-state index contributed by atoms with van der Waals surface area (Å²) in [7, 11) is 0. The third-order valence-corrected chi connectivity index (χ3v) is 4.56. The van der Waals surface area contributed by atoms with Crippen molar-refractivity contribution in [2.75, 3.05) is 5.73 Å². The van der Waals surface area contributed by atoms with E-state index in [1.165, 1.54) is 19.3 Å². The molecule has 0 radical (unpaired) electrons. The number of hydrogen-bond acceptors (Lipinski definition) is 2. The van der Waals surface area contributed by atoms with Crippen LogP contribution in [0.4, 0.5) is 5.69 Å². The normalized spacial score (nSPS) is 22.8. The molecule has 1 fully saturated rings. The topological polar surface area (TPSA) is 55.1 Å². The monoisotopic (exact) mass is 294 g/mol. The lowest BCUT2D eigenvalue weighted by atomic mass is 9.78. The molecule has 1 aliphatic carbocycles. The Hall–Kier alpha value is -1.22. The van der Waals surface area contributed by atoms with Crippen LogP contribution < -0.4 is 11.1 Å². The van der Waals surface area contributed by atoms with E-state index in [0.717, 1.165) is 6.42 Å². The van der Waals surface area contributed by atoms with Gasteiger partial charge >= 0.3 is 0 Å². The minimum atomic E-state index is -0.111. The maximum atomic E-state index is 12.4. The molecule has 0 spiro atoms. The summed E-state index contributed by atoms with van der Waals surface area (Å²) in [6.45, 7) is 4.45. The molecule has 2 unspecified atom stereocenters. The van der Waals surface area contributed by atoms with Crippen LogP contribution in [0.25, 0.3) is 0 Å². The Morgan fingerprint density at radius 2 is 2.05 bits per heavy atom. The van der Waals surface area contributed by atoms with Gasteiger partial charge in [-0.05, 0) is 42.9 Å². The largest absolute Gasteiger partial charge is 0.399 e. The molecule has 0 heterocycles. The number of nitrogens with one attached hydrogen (secondary N) is 1. The molecule has 1 saturated carbocycles. The van der Waals surface area contributed by atoms with Crippen LogP contribution in [0.3, 0.4) is 0 Å². The van der Waals surface area contributed by atoms with Crippen LogP contribution in [0.5, 0.6) is 0 Å². The zero-order valence-electron chi connectivity index (χ0n) is 12.2. The second-order valence-electron chi connectivity index (χ2n) is 6.01. The zero-order valence-corrected chi connectivity index (χ0v) is 12.9. The van der Waals surface area contributed by atoms with Gasteiger partial charge in [0, 0.05) is 11.7 Å². The summed E-state index contributed by atoms with van der Waals surface area (Å²) in [5.41, 5.74) is 6.77. The first-order valence-corrected chi connectivity index (χ1v) is 7.72. The lowest BCUT2D eigenvalue weighted by Crippen LogP contribution is -2.44. The summed E-state index contributed by atoms with van der Waals surface area (Å²) < 4.78 is 0. The van der Waals surface area contributed by atoms with Crippen LogP contribution in [0, 0.1) is 11.8 Å². The van der Waals surface area contributed by atoms with Crippen LogP contribution in [-0.4, -0.2) is 11.9 Å². The molecule has 110 valence electrons. The summed E-state index contributed by atoms with van der Waals surface area (Å²) in [5, 5.41) is 3.61. The van der Waals surface area contributed by atoms with E-state index in [2.05, 4.69) is 19.2 Å². The Labute approximate surface area is 125 Å². The molecule has 1 aromatic carbocycles. The van der Waals surface area contributed by atoms with E-state index in [1.54, 1.807) is 18.2 Å². The third-order valence-electron chi connectivity index (χ3n) is 4.23. The summed E-state index contributed by atoms with van der Waals surface area (Å²) in [4.78, 5) is 12.4. The Kier molecular flexibility index (Phi) is 4.92. The fourth-order valence-corrected chi connectivity index (χ4v) is 3.30. The van der Waals surface area contributed by atoms with Gasteiger partial charge in [0.25, 0.3) is 5.91 Å². The summed E-state index contributed by atoms with van der Waals surface area (Å²) in [6.07, 6.45) is 4.68. The van der Waals surface area contributed by atoms with E-state index < -0.39 is 0 Å². The Morgan fingerprint density at radius 1 is 1.35 bits per heavy atom. The second kappa shape index (κ2) is 6.49. The molecule has 1 amide bonds. The highest BCUT2D eigenvalue weighted by Gasteiger charge is 2.29. The number of rotatable bonds is 3. The lowest BCUT2D eigenvalue weighted by Gasteiger charge is -2.35. The number of hydrogen-bond donors (Lipinski definition) is 2. The van der Waals surface area contributed by atoms with Gasteiger partial charge in [-0.1, -0.05) is 38.3 Å². The smallest absolute Gasteiger partial charge is 0.253 e.